The van der Waals surface area contributed by atoms with Gasteiger partial charge in [-0.05, 0) is 29.2 Å². The molecule has 0 saturated carbocycles. The van der Waals surface area contributed by atoms with Crippen molar-refractivity contribution in [3.8, 4) is 0 Å². The van der Waals surface area contributed by atoms with Gasteiger partial charge in [0, 0.05) is 25.1 Å². The number of carbonyl (C=O) groups is 1. The Bertz CT molecular complexity index is 600. The van der Waals surface area contributed by atoms with E-state index in [-0.39, 0.29) is 11.3 Å². The number of anilines is 1. The topological polar surface area (TPSA) is 33.2 Å². The number of aromatic nitrogens is 1. The van der Waals surface area contributed by atoms with Gasteiger partial charge in [0.2, 0.25) is 0 Å². The molecule has 3 nitrogen and oxygen atoms in total. The molecule has 3 heteroatoms. The monoisotopic (exact) mass is 268 g/mol. The summed E-state index contributed by atoms with van der Waals surface area (Å²) in [7, 11) is 1.81. The van der Waals surface area contributed by atoms with Crippen molar-refractivity contribution < 1.29 is 4.79 Å². The number of hydrogen-bond donors (Lipinski definition) is 0. The Balaban J connectivity index is 2.40. The minimum Gasteiger partial charge on any atom is -0.311 e. The standard InChI is InChI=1S/C17H20N2O/c1-17(2,3)14-9-5-6-10-15(14)19(4)16(20)13-8-7-11-18-12-13/h5-12H,1-4H3. The highest BCUT2D eigenvalue weighted by molar-refractivity contribution is 6.06. The van der Waals surface area contributed by atoms with Gasteiger partial charge in [0.05, 0.1) is 5.56 Å². The number of pyridine rings is 1. The largest absolute Gasteiger partial charge is 0.311 e. The molecule has 0 aliphatic carbocycles. The molecule has 0 aliphatic rings. The first kappa shape index (κ1) is 14.3. The summed E-state index contributed by atoms with van der Waals surface area (Å²) in [5, 5.41) is 0. The Labute approximate surface area is 120 Å². The summed E-state index contributed by atoms with van der Waals surface area (Å²) in [4.78, 5) is 18.2. The van der Waals surface area contributed by atoms with Gasteiger partial charge in [-0.25, -0.2) is 0 Å². The molecule has 0 aliphatic heterocycles. The van der Waals surface area contributed by atoms with Crippen molar-refractivity contribution in [1.29, 1.82) is 0 Å². The Hall–Kier alpha value is -2.16. The van der Waals surface area contributed by atoms with Crippen LogP contribution in [0.3, 0.4) is 0 Å². The molecule has 1 amide bonds. The number of rotatable bonds is 2. The fourth-order valence-corrected chi connectivity index (χ4v) is 2.19. The lowest BCUT2D eigenvalue weighted by molar-refractivity contribution is 0.0992. The Morgan fingerprint density at radius 2 is 1.80 bits per heavy atom. The van der Waals surface area contributed by atoms with Crippen molar-refractivity contribution >= 4 is 11.6 Å². The van der Waals surface area contributed by atoms with Gasteiger partial charge in [-0.2, -0.15) is 0 Å². The fourth-order valence-electron chi connectivity index (χ4n) is 2.19. The van der Waals surface area contributed by atoms with Gasteiger partial charge in [-0.1, -0.05) is 39.0 Å². The van der Waals surface area contributed by atoms with E-state index >= 15 is 0 Å². The minimum absolute atomic E-state index is 0.0138. The van der Waals surface area contributed by atoms with Crippen molar-refractivity contribution in [2.45, 2.75) is 26.2 Å². The number of para-hydroxylation sites is 1. The highest BCUT2D eigenvalue weighted by Crippen LogP contribution is 2.31. The summed E-state index contributed by atoms with van der Waals surface area (Å²) < 4.78 is 0. The molecule has 0 spiro atoms. The normalized spacial score (nSPS) is 11.2. The highest BCUT2D eigenvalue weighted by atomic mass is 16.2. The Morgan fingerprint density at radius 3 is 2.40 bits per heavy atom. The zero-order valence-corrected chi connectivity index (χ0v) is 12.4. The van der Waals surface area contributed by atoms with Crippen molar-refractivity contribution in [2.24, 2.45) is 0 Å². The molecule has 0 saturated heterocycles. The van der Waals surface area contributed by atoms with Crippen LogP contribution in [-0.2, 0) is 5.41 Å². The second kappa shape index (κ2) is 5.45. The van der Waals surface area contributed by atoms with Crippen molar-refractivity contribution in [1.82, 2.24) is 4.98 Å². The maximum atomic E-state index is 12.5. The van der Waals surface area contributed by atoms with Gasteiger partial charge >= 0.3 is 0 Å². The van der Waals surface area contributed by atoms with Gasteiger partial charge in [-0.3, -0.25) is 9.78 Å². The van der Waals surface area contributed by atoms with Crippen molar-refractivity contribution in [2.75, 3.05) is 11.9 Å². The first-order valence-electron chi connectivity index (χ1n) is 6.69. The van der Waals surface area contributed by atoms with Gasteiger partial charge < -0.3 is 4.90 Å². The van der Waals surface area contributed by atoms with Crippen LogP contribution in [-0.4, -0.2) is 17.9 Å². The molecule has 104 valence electrons. The SMILES string of the molecule is CN(C(=O)c1cccnc1)c1ccccc1C(C)(C)C. The highest BCUT2D eigenvalue weighted by Gasteiger charge is 2.22. The van der Waals surface area contributed by atoms with Crippen LogP contribution in [0.15, 0.2) is 48.8 Å². The average Bonchev–Trinajstić information content (AvgIpc) is 2.46. The molecule has 1 aromatic carbocycles. The molecule has 0 atom stereocenters. The zero-order valence-electron chi connectivity index (χ0n) is 12.4. The van der Waals surface area contributed by atoms with Crippen LogP contribution in [0.4, 0.5) is 5.69 Å². The molecule has 1 heterocycles. The smallest absolute Gasteiger partial charge is 0.259 e. The van der Waals surface area contributed by atoms with E-state index in [0.717, 1.165) is 11.3 Å². The second-order valence-corrected chi connectivity index (χ2v) is 5.87. The molecular weight excluding hydrogens is 248 g/mol. The van der Waals surface area contributed by atoms with Crippen LogP contribution in [0.2, 0.25) is 0 Å². The van der Waals surface area contributed by atoms with Crippen molar-refractivity contribution in [3.05, 3.63) is 59.9 Å². The lowest BCUT2D eigenvalue weighted by atomic mass is 9.85. The molecule has 0 bridgehead atoms. The van der Waals surface area contributed by atoms with Gasteiger partial charge in [0.25, 0.3) is 5.91 Å². The predicted octanol–water partition coefficient (Wildman–Crippen LogP) is 3.66. The number of nitrogens with zero attached hydrogens (tertiary/aromatic N) is 2. The molecule has 0 unspecified atom stereocenters. The summed E-state index contributed by atoms with van der Waals surface area (Å²) in [5.74, 6) is -0.0465. The van der Waals surface area contributed by atoms with Crippen LogP contribution < -0.4 is 4.90 Å². The molecule has 0 radical (unpaired) electrons. The third-order valence-corrected chi connectivity index (χ3v) is 3.29. The first-order valence-corrected chi connectivity index (χ1v) is 6.69. The zero-order chi connectivity index (χ0) is 14.8. The second-order valence-electron chi connectivity index (χ2n) is 5.87. The third-order valence-electron chi connectivity index (χ3n) is 3.29. The third kappa shape index (κ3) is 2.87. The summed E-state index contributed by atoms with van der Waals surface area (Å²) in [5.41, 5.74) is 2.67. The summed E-state index contributed by atoms with van der Waals surface area (Å²) in [6, 6.07) is 11.6. The van der Waals surface area contributed by atoms with Crippen molar-refractivity contribution in [3.63, 3.8) is 0 Å². The summed E-state index contributed by atoms with van der Waals surface area (Å²) >= 11 is 0. The molecule has 1 aromatic heterocycles. The van der Waals surface area contributed by atoms with E-state index in [9.17, 15) is 4.79 Å². The minimum atomic E-state index is -0.0465. The summed E-state index contributed by atoms with van der Waals surface area (Å²) in [6.07, 6.45) is 3.26. The molecule has 0 fully saturated rings. The maximum absolute atomic E-state index is 12.5. The fraction of sp³-hybridized carbons (Fsp3) is 0.294. The van der Waals surface area contributed by atoms with E-state index in [2.05, 4.69) is 31.8 Å². The van der Waals surface area contributed by atoms with Crippen LogP contribution >= 0.6 is 0 Å². The lowest BCUT2D eigenvalue weighted by Crippen LogP contribution is -2.29. The van der Waals surface area contributed by atoms with E-state index in [1.165, 1.54) is 0 Å². The van der Waals surface area contributed by atoms with E-state index in [1.54, 1.807) is 36.5 Å². The molecular formula is C17H20N2O. The number of benzene rings is 1. The van der Waals surface area contributed by atoms with Gasteiger partial charge in [-0.15, -0.1) is 0 Å². The summed E-state index contributed by atoms with van der Waals surface area (Å²) in [6.45, 7) is 6.44. The number of carbonyl (C=O) groups excluding carboxylic acids is 1. The van der Waals surface area contributed by atoms with Crippen LogP contribution in [0.1, 0.15) is 36.7 Å². The number of hydrogen-bond acceptors (Lipinski definition) is 2. The molecule has 2 rings (SSSR count). The van der Waals surface area contributed by atoms with Gasteiger partial charge in [0.1, 0.15) is 0 Å². The van der Waals surface area contributed by atoms with Crippen LogP contribution in [0.5, 0.6) is 0 Å². The van der Waals surface area contributed by atoms with E-state index in [0.29, 0.717) is 5.56 Å². The van der Waals surface area contributed by atoms with E-state index in [4.69, 9.17) is 0 Å². The Kier molecular flexibility index (Phi) is 3.89. The molecule has 2 aromatic rings. The van der Waals surface area contributed by atoms with Crippen LogP contribution in [0, 0.1) is 0 Å². The van der Waals surface area contributed by atoms with Gasteiger partial charge in [0.15, 0.2) is 0 Å². The average molecular weight is 268 g/mol. The van der Waals surface area contributed by atoms with E-state index < -0.39 is 0 Å². The Morgan fingerprint density at radius 1 is 1.10 bits per heavy atom. The lowest BCUT2D eigenvalue weighted by Gasteiger charge is -2.27. The number of amides is 1. The maximum Gasteiger partial charge on any atom is 0.259 e. The predicted molar refractivity (Wildman–Crippen MR) is 82.1 cm³/mol. The van der Waals surface area contributed by atoms with Crippen LogP contribution in [0.25, 0.3) is 0 Å². The molecule has 0 N–H and O–H groups in total. The van der Waals surface area contributed by atoms with E-state index in [1.807, 2.05) is 18.2 Å². The first-order chi connectivity index (χ1) is 9.41. The quantitative estimate of drug-likeness (QED) is 0.833. The molecule has 20 heavy (non-hydrogen) atoms.